The summed E-state index contributed by atoms with van der Waals surface area (Å²) < 4.78 is 0. The molecule has 0 unspecified atom stereocenters. The van der Waals surface area contributed by atoms with Gasteiger partial charge in [-0.2, -0.15) is 0 Å². The van der Waals surface area contributed by atoms with Crippen LogP contribution in [0.2, 0.25) is 0 Å². The Morgan fingerprint density at radius 1 is 1.40 bits per heavy atom. The molecular weight excluding hydrogens is 204 g/mol. The van der Waals surface area contributed by atoms with Crippen LogP contribution in [0.4, 0.5) is 0 Å². The fraction of sp³-hybridized carbons (Fsp3) is 0.250. The number of H-pyrrole nitrogens is 1. The maximum atomic E-state index is 4.51. The zero-order valence-corrected chi connectivity index (χ0v) is 9.82. The SMILES string of the molecule is C=CCSc1nc2cc(C)c(C)cc2[nH]1. The molecule has 0 amide bonds. The number of aromatic nitrogens is 2. The number of aryl methyl sites for hydroxylation is 2. The quantitative estimate of drug-likeness (QED) is 0.631. The summed E-state index contributed by atoms with van der Waals surface area (Å²) in [4.78, 5) is 7.81. The number of nitrogens with one attached hydrogen (secondary N) is 1. The fourth-order valence-corrected chi connectivity index (χ4v) is 2.07. The van der Waals surface area contributed by atoms with E-state index in [0.717, 1.165) is 21.9 Å². The third kappa shape index (κ3) is 2.07. The summed E-state index contributed by atoms with van der Waals surface area (Å²) in [6.45, 7) is 7.92. The molecule has 0 fully saturated rings. The minimum atomic E-state index is 0.887. The monoisotopic (exact) mass is 218 g/mol. The van der Waals surface area contributed by atoms with Gasteiger partial charge in [0.2, 0.25) is 0 Å². The molecule has 1 N–H and O–H groups in total. The maximum Gasteiger partial charge on any atom is 0.166 e. The summed E-state index contributed by atoms with van der Waals surface area (Å²) in [5, 5.41) is 0.968. The second-order valence-electron chi connectivity index (χ2n) is 3.60. The van der Waals surface area contributed by atoms with E-state index in [1.165, 1.54) is 11.1 Å². The van der Waals surface area contributed by atoms with Gasteiger partial charge >= 0.3 is 0 Å². The van der Waals surface area contributed by atoms with Crippen molar-refractivity contribution in [3.63, 3.8) is 0 Å². The van der Waals surface area contributed by atoms with E-state index in [9.17, 15) is 0 Å². The number of thioether (sulfide) groups is 1. The van der Waals surface area contributed by atoms with E-state index in [4.69, 9.17) is 0 Å². The Kier molecular flexibility index (Phi) is 2.82. The standard InChI is InChI=1S/C12H14N2S/c1-4-5-15-12-13-10-6-8(2)9(3)7-11(10)14-12/h4,6-7H,1,5H2,2-3H3,(H,13,14). The Morgan fingerprint density at radius 2 is 2.13 bits per heavy atom. The van der Waals surface area contributed by atoms with E-state index in [2.05, 4.69) is 42.5 Å². The highest BCUT2D eigenvalue weighted by atomic mass is 32.2. The zero-order valence-electron chi connectivity index (χ0n) is 9.00. The van der Waals surface area contributed by atoms with Crippen LogP contribution in [0, 0.1) is 13.8 Å². The molecule has 78 valence electrons. The van der Waals surface area contributed by atoms with Crippen molar-refractivity contribution >= 4 is 22.8 Å². The highest BCUT2D eigenvalue weighted by Gasteiger charge is 2.04. The summed E-state index contributed by atoms with van der Waals surface area (Å²) in [7, 11) is 0. The summed E-state index contributed by atoms with van der Waals surface area (Å²) in [5.41, 5.74) is 4.75. The molecule has 0 aliphatic heterocycles. The van der Waals surface area contributed by atoms with E-state index < -0.39 is 0 Å². The minimum absolute atomic E-state index is 0.887. The summed E-state index contributed by atoms with van der Waals surface area (Å²) in [6, 6.07) is 4.27. The van der Waals surface area contributed by atoms with Crippen molar-refractivity contribution in [2.75, 3.05) is 5.75 Å². The molecule has 0 aliphatic carbocycles. The van der Waals surface area contributed by atoms with E-state index in [1.807, 2.05) is 6.08 Å². The number of aromatic amines is 1. The molecule has 0 radical (unpaired) electrons. The van der Waals surface area contributed by atoms with Gasteiger partial charge in [0.1, 0.15) is 0 Å². The van der Waals surface area contributed by atoms with Gasteiger partial charge in [0.25, 0.3) is 0 Å². The van der Waals surface area contributed by atoms with E-state index in [-0.39, 0.29) is 0 Å². The van der Waals surface area contributed by atoms with E-state index in [1.54, 1.807) is 11.8 Å². The van der Waals surface area contributed by atoms with Crippen molar-refractivity contribution in [2.45, 2.75) is 19.0 Å². The molecule has 15 heavy (non-hydrogen) atoms. The Hall–Kier alpha value is -1.22. The van der Waals surface area contributed by atoms with Crippen LogP contribution in [-0.2, 0) is 0 Å². The van der Waals surface area contributed by atoms with Crippen LogP contribution in [-0.4, -0.2) is 15.7 Å². The highest BCUT2D eigenvalue weighted by Crippen LogP contribution is 2.22. The first kappa shape index (κ1) is 10.3. The highest BCUT2D eigenvalue weighted by molar-refractivity contribution is 7.99. The normalized spacial score (nSPS) is 10.8. The smallest absolute Gasteiger partial charge is 0.166 e. The van der Waals surface area contributed by atoms with Crippen LogP contribution >= 0.6 is 11.8 Å². The Bertz CT molecular complexity index is 461. The number of hydrogen-bond acceptors (Lipinski definition) is 2. The third-order valence-electron chi connectivity index (χ3n) is 2.41. The predicted octanol–water partition coefficient (Wildman–Crippen LogP) is 3.46. The van der Waals surface area contributed by atoms with Crippen LogP contribution in [0.5, 0.6) is 0 Å². The fourth-order valence-electron chi connectivity index (χ4n) is 1.45. The van der Waals surface area contributed by atoms with Crippen LogP contribution in [0.1, 0.15) is 11.1 Å². The topological polar surface area (TPSA) is 28.7 Å². The molecule has 1 aromatic carbocycles. The molecule has 2 nitrogen and oxygen atoms in total. The average molecular weight is 218 g/mol. The zero-order chi connectivity index (χ0) is 10.8. The number of rotatable bonds is 3. The lowest BCUT2D eigenvalue weighted by atomic mass is 10.1. The van der Waals surface area contributed by atoms with Gasteiger partial charge in [-0.3, -0.25) is 0 Å². The molecule has 0 aliphatic rings. The molecule has 0 saturated carbocycles. The molecule has 0 bridgehead atoms. The molecule has 2 rings (SSSR count). The second-order valence-corrected chi connectivity index (χ2v) is 4.60. The van der Waals surface area contributed by atoms with E-state index in [0.29, 0.717) is 0 Å². The van der Waals surface area contributed by atoms with Gasteiger partial charge in [0.15, 0.2) is 5.16 Å². The van der Waals surface area contributed by atoms with Gasteiger partial charge < -0.3 is 4.98 Å². The van der Waals surface area contributed by atoms with Crippen molar-refractivity contribution in [1.29, 1.82) is 0 Å². The molecule has 0 atom stereocenters. The maximum absolute atomic E-state index is 4.51. The largest absolute Gasteiger partial charge is 0.333 e. The number of hydrogen-bond donors (Lipinski definition) is 1. The summed E-state index contributed by atoms with van der Waals surface area (Å²) in [6.07, 6.45) is 1.88. The van der Waals surface area contributed by atoms with Gasteiger partial charge in [0.05, 0.1) is 11.0 Å². The van der Waals surface area contributed by atoms with Crippen LogP contribution < -0.4 is 0 Å². The Morgan fingerprint density at radius 3 is 2.87 bits per heavy atom. The molecule has 1 aromatic heterocycles. The van der Waals surface area contributed by atoms with Gasteiger partial charge in [-0.1, -0.05) is 17.8 Å². The summed E-state index contributed by atoms with van der Waals surface area (Å²) in [5.74, 6) is 0.887. The Balaban J connectivity index is 2.42. The first-order valence-electron chi connectivity index (χ1n) is 4.91. The average Bonchev–Trinajstić information content (AvgIpc) is 2.58. The van der Waals surface area contributed by atoms with Gasteiger partial charge in [0, 0.05) is 5.75 Å². The van der Waals surface area contributed by atoms with Gasteiger partial charge in [-0.25, -0.2) is 4.98 Å². The number of fused-ring (bicyclic) bond motifs is 1. The van der Waals surface area contributed by atoms with Crippen molar-refractivity contribution in [1.82, 2.24) is 9.97 Å². The van der Waals surface area contributed by atoms with E-state index >= 15 is 0 Å². The first-order chi connectivity index (χ1) is 7.20. The lowest BCUT2D eigenvalue weighted by Gasteiger charge is -1.97. The third-order valence-corrected chi connectivity index (χ3v) is 3.28. The lowest BCUT2D eigenvalue weighted by Crippen LogP contribution is -1.79. The predicted molar refractivity (Wildman–Crippen MR) is 66.5 cm³/mol. The van der Waals surface area contributed by atoms with Crippen LogP contribution in [0.3, 0.4) is 0 Å². The first-order valence-corrected chi connectivity index (χ1v) is 5.90. The molecule has 3 heteroatoms. The summed E-state index contributed by atoms with van der Waals surface area (Å²) >= 11 is 1.67. The molecule has 2 aromatic rings. The Labute approximate surface area is 93.8 Å². The van der Waals surface area contributed by atoms with Gasteiger partial charge in [-0.05, 0) is 37.1 Å². The molecule has 1 heterocycles. The minimum Gasteiger partial charge on any atom is -0.333 e. The number of benzene rings is 1. The van der Waals surface area contributed by atoms with Gasteiger partial charge in [-0.15, -0.1) is 6.58 Å². The van der Waals surface area contributed by atoms with Crippen LogP contribution in [0.25, 0.3) is 11.0 Å². The van der Waals surface area contributed by atoms with Crippen LogP contribution in [0.15, 0.2) is 29.9 Å². The number of nitrogens with zero attached hydrogens (tertiary/aromatic N) is 1. The molecule has 0 saturated heterocycles. The van der Waals surface area contributed by atoms with Crippen molar-refractivity contribution in [3.8, 4) is 0 Å². The lowest BCUT2D eigenvalue weighted by molar-refractivity contribution is 1.08. The van der Waals surface area contributed by atoms with Crippen molar-refractivity contribution in [3.05, 3.63) is 35.9 Å². The second kappa shape index (κ2) is 4.11. The number of imidazole rings is 1. The molecule has 0 spiro atoms. The van der Waals surface area contributed by atoms with Crippen molar-refractivity contribution < 1.29 is 0 Å². The molecular formula is C12H14N2S. The van der Waals surface area contributed by atoms with Crippen molar-refractivity contribution in [2.24, 2.45) is 0 Å².